The van der Waals surface area contributed by atoms with Crippen LogP contribution in [-0.4, -0.2) is 51.8 Å². The zero-order valence-corrected chi connectivity index (χ0v) is 17.8. The van der Waals surface area contributed by atoms with Gasteiger partial charge in [-0.1, -0.05) is 37.6 Å². The molecule has 2 saturated heterocycles. The van der Waals surface area contributed by atoms with Crippen molar-refractivity contribution in [2.24, 2.45) is 5.41 Å². The highest BCUT2D eigenvalue weighted by molar-refractivity contribution is 6.30. The minimum Gasteiger partial charge on any atom is -0.481 e. The lowest BCUT2D eigenvalue weighted by Crippen LogP contribution is -2.56. The van der Waals surface area contributed by atoms with E-state index in [1.807, 2.05) is 41.0 Å². The predicted molar refractivity (Wildman–Crippen MR) is 111 cm³/mol. The maximum Gasteiger partial charge on any atom is 0.304 e. The van der Waals surface area contributed by atoms with Gasteiger partial charge in [-0.2, -0.15) is 0 Å². The number of rotatable bonds is 7. The summed E-state index contributed by atoms with van der Waals surface area (Å²) in [5.74, 6) is -0.970. The van der Waals surface area contributed by atoms with Gasteiger partial charge in [0.05, 0.1) is 17.9 Å². The summed E-state index contributed by atoms with van der Waals surface area (Å²) in [6.07, 6.45) is 3.11. The summed E-state index contributed by atoms with van der Waals surface area (Å²) in [6.45, 7) is 4.98. The van der Waals surface area contributed by atoms with Crippen LogP contribution in [-0.2, 0) is 14.4 Å². The van der Waals surface area contributed by atoms with Gasteiger partial charge in [-0.25, -0.2) is 0 Å². The minimum atomic E-state index is -0.964. The molecule has 3 atom stereocenters. The molecule has 6 nitrogen and oxygen atoms in total. The molecular formula is C22H29ClN2O4. The molecule has 0 saturated carbocycles. The maximum atomic E-state index is 13.6. The molecular weight excluding hydrogens is 392 g/mol. The Hall–Kier alpha value is -2.08. The van der Waals surface area contributed by atoms with Crippen LogP contribution in [0, 0.1) is 5.41 Å². The molecule has 0 spiro atoms. The molecule has 1 aromatic carbocycles. The molecule has 7 heteroatoms. The van der Waals surface area contributed by atoms with Crippen LogP contribution in [0.25, 0.3) is 0 Å². The van der Waals surface area contributed by atoms with Crippen molar-refractivity contribution < 1.29 is 19.5 Å². The Balaban J connectivity index is 1.94. The first-order valence-electron chi connectivity index (χ1n) is 10.3. The van der Waals surface area contributed by atoms with Crippen molar-refractivity contribution in [3.63, 3.8) is 0 Å². The number of carbonyl (C=O) groups excluding carboxylic acids is 2. The fourth-order valence-corrected chi connectivity index (χ4v) is 4.78. The molecule has 2 amide bonds. The molecule has 0 bridgehead atoms. The average Bonchev–Trinajstić information content (AvgIpc) is 3.07. The van der Waals surface area contributed by atoms with Crippen molar-refractivity contribution in [1.29, 1.82) is 0 Å². The highest BCUT2D eigenvalue weighted by atomic mass is 35.5. The molecule has 2 heterocycles. The summed E-state index contributed by atoms with van der Waals surface area (Å²) >= 11 is 6.05. The van der Waals surface area contributed by atoms with Crippen LogP contribution in [0.3, 0.4) is 0 Å². The number of piperidine rings is 1. The van der Waals surface area contributed by atoms with E-state index in [1.165, 1.54) is 0 Å². The number of hydrogen-bond acceptors (Lipinski definition) is 3. The Morgan fingerprint density at radius 1 is 1.31 bits per heavy atom. The largest absolute Gasteiger partial charge is 0.481 e. The van der Waals surface area contributed by atoms with E-state index in [0.29, 0.717) is 37.3 Å². The topological polar surface area (TPSA) is 77.9 Å². The average molecular weight is 421 g/mol. The molecule has 0 aliphatic carbocycles. The third kappa shape index (κ3) is 4.58. The van der Waals surface area contributed by atoms with Crippen molar-refractivity contribution in [2.75, 3.05) is 13.1 Å². The second-order valence-corrected chi connectivity index (χ2v) is 8.89. The predicted octanol–water partition coefficient (Wildman–Crippen LogP) is 3.89. The van der Waals surface area contributed by atoms with Crippen LogP contribution < -0.4 is 0 Å². The number of aliphatic carboxylic acids is 1. The molecule has 29 heavy (non-hydrogen) atoms. The van der Waals surface area contributed by atoms with E-state index in [0.717, 1.165) is 18.5 Å². The quantitative estimate of drug-likeness (QED) is 0.725. The summed E-state index contributed by atoms with van der Waals surface area (Å²) in [6, 6.07) is 7.19. The van der Waals surface area contributed by atoms with Gasteiger partial charge in [0.25, 0.3) is 0 Å². The summed E-state index contributed by atoms with van der Waals surface area (Å²) in [7, 11) is 0. The third-order valence-electron chi connectivity index (χ3n) is 6.32. The first-order valence-corrected chi connectivity index (χ1v) is 10.7. The Morgan fingerprint density at radius 3 is 2.55 bits per heavy atom. The zero-order valence-electron chi connectivity index (χ0n) is 17.1. The molecule has 2 aliphatic rings. The molecule has 2 aliphatic heterocycles. The summed E-state index contributed by atoms with van der Waals surface area (Å²) in [5.41, 5.74) is 0.0586. The molecule has 1 aromatic rings. The van der Waals surface area contributed by atoms with Crippen LogP contribution in [0.1, 0.15) is 64.0 Å². The van der Waals surface area contributed by atoms with Gasteiger partial charge in [0.15, 0.2) is 0 Å². The number of nitrogens with zero attached hydrogens (tertiary/aromatic N) is 2. The number of carboxylic acids is 1. The number of halogens is 1. The van der Waals surface area contributed by atoms with Crippen LogP contribution in [0.15, 0.2) is 24.3 Å². The van der Waals surface area contributed by atoms with E-state index in [9.17, 15) is 19.5 Å². The fraction of sp³-hybridized carbons (Fsp3) is 0.591. The number of likely N-dealkylation sites (tertiary alicyclic amines) is 2. The van der Waals surface area contributed by atoms with Gasteiger partial charge in [-0.05, 0) is 43.4 Å². The molecule has 3 rings (SSSR count). The minimum absolute atomic E-state index is 0.129. The second kappa shape index (κ2) is 8.74. The summed E-state index contributed by atoms with van der Waals surface area (Å²) in [4.78, 5) is 40.9. The molecule has 2 fully saturated rings. The lowest BCUT2D eigenvalue weighted by molar-refractivity contribution is -0.160. The number of carbonyl (C=O) groups is 3. The highest BCUT2D eigenvalue weighted by Gasteiger charge is 2.48. The van der Waals surface area contributed by atoms with E-state index in [1.54, 1.807) is 6.92 Å². The molecule has 3 unspecified atom stereocenters. The van der Waals surface area contributed by atoms with Crippen molar-refractivity contribution in [3.05, 3.63) is 34.9 Å². The maximum absolute atomic E-state index is 13.6. The zero-order chi connectivity index (χ0) is 21.2. The third-order valence-corrected chi connectivity index (χ3v) is 6.57. The summed E-state index contributed by atoms with van der Waals surface area (Å²) < 4.78 is 0. The number of carboxylic acid groups (broad SMARTS) is 1. The Bertz CT molecular complexity index is 782. The van der Waals surface area contributed by atoms with E-state index >= 15 is 0 Å². The second-order valence-electron chi connectivity index (χ2n) is 8.46. The van der Waals surface area contributed by atoms with E-state index in [-0.39, 0.29) is 30.3 Å². The van der Waals surface area contributed by atoms with Crippen LogP contribution in [0.4, 0.5) is 0 Å². The van der Waals surface area contributed by atoms with Crippen molar-refractivity contribution >= 4 is 29.4 Å². The first-order chi connectivity index (χ1) is 13.7. The highest BCUT2D eigenvalue weighted by Crippen LogP contribution is 2.44. The van der Waals surface area contributed by atoms with Crippen LogP contribution in [0.2, 0.25) is 5.02 Å². The van der Waals surface area contributed by atoms with Crippen molar-refractivity contribution in [3.8, 4) is 0 Å². The van der Waals surface area contributed by atoms with Crippen molar-refractivity contribution in [2.45, 2.75) is 64.5 Å². The summed E-state index contributed by atoms with van der Waals surface area (Å²) in [5, 5.41) is 10.0. The number of benzene rings is 1. The van der Waals surface area contributed by atoms with Gasteiger partial charge < -0.3 is 14.9 Å². The Kier molecular flexibility index (Phi) is 6.52. The Labute approximate surface area is 176 Å². The Morgan fingerprint density at radius 2 is 2.00 bits per heavy atom. The SMILES string of the molecule is CCC(CN1CCCC1=O)N1C(=O)C(C)(CC(=O)O)CCC1c1ccc(Cl)cc1. The monoisotopic (exact) mass is 420 g/mol. The van der Waals surface area contributed by atoms with Crippen LogP contribution >= 0.6 is 11.6 Å². The first kappa shape index (κ1) is 21.6. The lowest BCUT2D eigenvalue weighted by Gasteiger charge is -2.48. The van der Waals surface area contributed by atoms with Gasteiger partial charge in [0.1, 0.15) is 0 Å². The van der Waals surface area contributed by atoms with E-state index < -0.39 is 11.4 Å². The molecule has 158 valence electrons. The van der Waals surface area contributed by atoms with Gasteiger partial charge >= 0.3 is 5.97 Å². The molecule has 1 N–H and O–H groups in total. The van der Waals surface area contributed by atoms with E-state index in [4.69, 9.17) is 11.6 Å². The smallest absolute Gasteiger partial charge is 0.304 e. The molecule has 0 aromatic heterocycles. The lowest BCUT2D eigenvalue weighted by atomic mass is 9.74. The number of hydrogen-bond donors (Lipinski definition) is 1. The van der Waals surface area contributed by atoms with Crippen molar-refractivity contribution in [1.82, 2.24) is 9.80 Å². The van der Waals surface area contributed by atoms with Gasteiger partial charge in [0, 0.05) is 30.6 Å². The standard InChI is InChI=1S/C22H29ClN2O4/c1-3-17(14-24-12-4-5-19(24)26)25-18(15-6-8-16(23)9-7-15)10-11-22(2,21(25)29)13-20(27)28/h6-9,17-18H,3-5,10-14H2,1-2H3,(H,27,28). The van der Waals surface area contributed by atoms with E-state index in [2.05, 4.69) is 0 Å². The normalized spacial score (nSPS) is 26.1. The van der Waals surface area contributed by atoms with Gasteiger partial charge in [-0.3, -0.25) is 14.4 Å². The molecule has 0 radical (unpaired) electrons. The fourth-order valence-electron chi connectivity index (χ4n) is 4.65. The van der Waals surface area contributed by atoms with Gasteiger partial charge in [0.2, 0.25) is 11.8 Å². The van der Waals surface area contributed by atoms with Crippen LogP contribution in [0.5, 0.6) is 0 Å². The number of amides is 2. The van der Waals surface area contributed by atoms with Gasteiger partial charge in [-0.15, -0.1) is 0 Å².